The lowest BCUT2D eigenvalue weighted by molar-refractivity contribution is -0.133. The van der Waals surface area contributed by atoms with E-state index in [4.69, 9.17) is 9.47 Å². The highest BCUT2D eigenvalue weighted by Crippen LogP contribution is 2.30. The molecular weight excluding hydrogens is 322 g/mol. The fourth-order valence-corrected chi connectivity index (χ4v) is 2.26. The van der Waals surface area contributed by atoms with Crippen LogP contribution in [0.4, 0.5) is 5.69 Å². The number of nitrogens with one attached hydrogen (secondary N) is 1. The number of benzene rings is 1. The quantitative estimate of drug-likeness (QED) is 0.735. The lowest BCUT2D eigenvalue weighted by atomic mass is 10.2. The Morgan fingerprint density at radius 3 is 2.24 bits per heavy atom. The van der Waals surface area contributed by atoms with Crippen molar-refractivity contribution in [1.29, 1.82) is 0 Å². The summed E-state index contributed by atoms with van der Waals surface area (Å²) in [5.74, 6) is 0.985. The zero-order chi connectivity index (χ0) is 19.0. The Balaban J connectivity index is 2.73. The summed E-state index contributed by atoms with van der Waals surface area (Å²) >= 11 is 0. The second-order valence-corrected chi connectivity index (χ2v) is 5.90. The number of ether oxygens (including phenoxy) is 2. The number of hydrogen-bond acceptors (Lipinski definition) is 5. The van der Waals surface area contributed by atoms with Crippen molar-refractivity contribution in [3.05, 3.63) is 18.2 Å². The number of likely N-dealkylation sites (N-methyl/N-ethyl adjacent to an activating group) is 2. The van der Waals surface area contributed by atoms with Gasteiger partial charge in [-0.25, -0.2) is 0 Å². The third kappa shape index (κ3) is 6.26. The molecule has 0 saturated heterocycles. The summed E-state index contributed by atoms with van der Waals surface area (Å²) in [5, 5.41) is 2.82. The summed E-state index contributed by atoms with van der Waals surface area (Å²) in [6.07, 6.45) is 0. The Morgan fingerprint density at radius 1 is 1.08 bits per heavy atom. The standard InChI is InChI=1S/C18H29N3O4/c1-7-24-15-10-9-14(11-16(15)25-8-2)19-17(22)12-21(6)13(3)18(23)20(4)5/h9-11,13H,7-8,12H2,1-6H3,(H,19,22)/t13-/m0/s1. The van der Waals surface area contributed by atoms with E-state index >= 15 is 0 Å². The average molecular weight is 351 g/mol. The Hall–Kier alpha value is -2.28. The van der Waals surface area contributed by atoms with E-state index in [1.165, 1.54) is 4.90 Å². The largest absolute Gasteiger partial charge is 0.490 e. The molecule has 1 aromatic carbocycles. The zero-order valence-corrected chi connectivity index (χ0v) is 16.0. The molecule has 1 N–H and O–H groups in total. The number of rotatable bonds is 9. The molecule has 0 aliphatic heterocycles. The van der Waals surface area contributed by atoms with Crippen molar-refractivity contribution in [1.82, 2.24) is 9.80 Å². The van der Waals surface area contributed by atoms with Gasteiger partial charge in [0.15, 0.2) is 11.5 Å². The van der Waals surface area contributed by atoms with E-state index < -0.39 is 0 Å². The summed E-state index contributed by atoms with van der Waals surface area (Å²) in [5.41, 5.74) is 0.622. The van der Waals surface area contributed by atoms with E-state index in [1.54, 1.807) is 51.2 Å². The van der Waals surface area contributed by atoms with Crippen LogP contribution in [0.2, 0.25) is 0 Å². The highest BCUT2D eigenvalue weighted by Gasteiger charge is 2.21. The van der Waals surface area contributed by atoms with Gasteiger partial charge in [0.25, 0.3) is 0 Å². The molecule has 0 aliphatic carbocycles. The van der Waals surface area contributed by atoms with Crippen LogP contribution in [0.25, 0.3) is 0 Å². The van der Waals surface area contributed by atoms with Gasteiger partial charge in [0.1, 0.15) is 0 Å². The van der Waals surface area contributed by atoms with Crippen LogP contribution < -0.4 is 14.8 Å². The zero-order valence-electron chi connectivity index (χ0n) is 16.0. The third-order valence-corrected chi connectivity index (χ3v) is 3.68. The van der Waals surface area contributed by atoms with E-state index in [1.807, 2.05) is 13.8 Å². The molecule has 25 heavy (non-hydrogen) atoms. The van der Waals surface area contributed by atoms with E-state index in [0.29, 0.717) is 30.4 Å². The van der Waals surface area contributed by atoms with E-state index in [-0.39, 0.29) is 24.4 Å². The second kappa shape index (κ2) is 9.88. The van der Waals surface area contributed by atoms with Gasteiger partial charge in [-0.1, -0.05) is 0 Å². The van der Waals surface area contributed by atoms with Gasteiger partial charge in [0.2, 0.25) is 11.8 Å². The molecule has 0 heterocycles. The first-order chi connectivity index (χ1) is 11.8. The fourth-order valence-electron chi connectivity index (χ4n) is 2.26. The van der Waals surface area contributed by atoms with Crippen LogP contribution in [0, 0.1) is 0 Å². The normalized spacial score (nSPS) is 11.8. The maximum absolute atomic E-state index is 12.2. The SMILES string of the molecule is CCOc1ccc(NC(=O)CN(C)[C@@H](C)C(=O)N(C)C)cc1OCC. The van der Waals surface area contributed by atoms with Gasteiger partial charge in [-0.05, 0) is 40.0 Å². The molecule has 7 heteroatoms. The van der Waals surface area contributed by atoms with Crippen molar-refractivity contribution in [2.75, 3.05) is 46.2 Å². The lowest BCUT2D eigenvalue weighted by Gasteiger charge is -2.25. The fraction of sp³-hybridized carbons (Fsp3) is 0.556. The number of amides is 2. The molecule has 0 bridgehead atoms. The molecule has 1 aromatic rings. The van der Waals surface area contributed by atoms with Gasteiger partial charge in [-0.2, -0.15) is 0 Å². The minimum absolute atomic E-state index is 0.0463. The van der Waals surface area contributed by atoms with E-state index in [9.17, 15) is 9.59 Å². The highest BCUT2D eigenvalue weighted by molar-refractivity contribution is 5.93. The molecule has 140 valence electrons. The Morgan fingerprint density at radius 2 is 1.68 bits per heavy atom. The molecule has 0 unspecified atom stereocenters. The molecule has 1 atom stereocenters. The van der Waals surface area contributed by atoms with Crippen LogP contribution in [0.5, 0.6) is 11.5 Å². The molecule has 0 spiro atoms. The molecule has 7 nitrogen and oxygen atoms in total. The van der Waals surface area contributed by atoms with Crippen LogP contribution >= 0.6 is 0 Å². The van der Waals surface area contributed by atoms with Crippen LogP contribution in [0.3, 0.4) is 0 Å². The smallest absolute Gasteiger partial charge is 0.239 e. The third-order valence-electron chi connectivity index (χ3n) is 3.68. The summed E-state index contributed by atoms with van der Waals surface area (Å²) in [7, 11) is 5.14. The van der Waals surface area contributed by atoms with Crippen LogP contribution in [0.1, 0.15) is 20.8 Å². The van der Waals surface area contributed by atoms with Gasteiger partial charge >= 0.3 is 0 Å². The molecule has 0 aromatic heterocycles. The summed E-state index contributed by atoms with van der Waals surface area (Å²) in [6.45, 7) is 6.72. The van der Waals surface area contributed by atoms with Gasteiger partial charge in [-0.15, -0.1) is 0 Å². The monoisotopic (exact) mass is 351 g/mol. The first-order valence-electron chi connectivity index (χ1n) is 8.41. The van der Waals surface area contributed by atoms with Crippen LogP contribution in [0.15, 0.2) is 18.2 Å². The van der Waals surface area contributed by atoms with Gasteiger partial charge in [-0.3, -0.25) is 14.5 Å². The predicted octanol–water partition coefficient (Wildman–Crippen LogP) is 1.83. The molecule has 2 amide bonds. The van der Waals surface area contributed by atoms with Crippen molar-refractivity contribution < 1.29 is 19.1 Å². The average Bonchev–Trinajstić information content (AvgIpc) is 2.55. The highest BCUT2D eigenvalue weighted by atomic mass is 16.5. The number of carbonyl (C=O) groups is 2. The first-order valence-corrected chi connectivity index (χ1v) is 8.41. The van der Waals surface area contributed by atoms with Crippen molar-refractivity contribution in [2.45, 2.75) is 26.8 Å². The number of anilines is 1. The molecule has 0 fully saturated rings. The minimum Gasteiger partial charge on any atom is -0.490 e. The number of carbonyl (C=O) groups excluding carboxylic acids is 2. The number of hydrogen-bond donors (Lipinski definition) is 1. The first kappa shape index (κ1) is 20.8. The number of nitrogens with zero attached hydrogens (tertiary/aromatic N) is 2. The molecule has 0 radical (unpaired) electrons. The molecule has 0 aliphatic rings. The van der Waals surface area contributed by atoms with Gasteiger partial charge < -0.3 is 19.7 Å². The van der Waals surface area contributed by atoms with Crippen LogP contribution in [-0.2, 0) is 9.59 Å². The maximum Gasteiger partial charge on any atom is 0.239 e. The van der Waals surface area contributed by atoms with E-state index in [0.717, 1.165) is 0 Å². The summed E-state index contributed by atoms with van der Waals surface area (Å²) in [6, 6.07) is 4.90. The van der Waals surface area contributed by atoms with Crippen molar-refractivity contribution in [2.24, 2.45) is 0 Å². The Kier molecular flexibility index (Phi) is 8.21. The van der Waals surface area contributed by atoms with Crippen molar-refractivity contribution in [3.8, 4) is 11.5 Å². The molecule has 0 saturated carbocycles. The van der Waals surface area contributed by atoms with Crippen molar-refractivity contribution >= 4 is 17.5 Å². The molecular formula is C18H29N3O4. The molecule has 1 rings (SSSR count). The topological polar surface area (TPSA) is 71.1 Å². The minimum atomic E-state index is -0.375. The predicted molar refractivity (Wildman–Crippen MR) is 98.2 cm³/mol. The summed E-state index contributed by atoms with van der Waals surface area (Å²) < 4.78 is 11.1. The van der Waals surface area contributed by atoms with E-state index in [2.05, 4.69) is 5.32 Å². The van der Waals surface area contributed by atoms with Gasteiger partial charge in [0, 0.05) is 25.8 Å². The second-order valence-electron chi connectivity index (χ2n) is 5.90. The van der Waals surface area contributed by atoms with Crippen LogP contribution in [-0.4, -0.2) is 68.6 Å². The lowest BCUT2D eigenvalue weighted by Crippen LogP contribution is -2.45. The Labute approximate surface area is 149 Å². The van der Waals surface area contributed by atoms with Crippen molar-refractivity contribution in [3.63, 3.8) is 0 Å². The maximum atomic E-state index is 12.2. The summed E-state index contributed by atoms with van der Waals surface area (Å²) in [4.78, 5) is 27.4. The Bertz CT molecular complexity index is 590. The van der Waals surface area contributed by atoms with Gasteiger partial charge in [0.05, 0.1) is 25.8 Å².